The maximum atomic E-state index is 3.49. The monoisotopic (exact) mass is 325 g/mol. The zero-order chi connectivity index (χ0) is 17.2. The molecule has 0 aliphatic heterocycles. The van der Waals surface area contributed by atoms with E-state index in [0.29, 0.717) is 0 Å². The smallest absolute Gasteiger partial charge is 0.0690 e. The molecule has 3 nitrogen and oxygen atoms in total. The van der Waals surface area contributed by atoms with Crippen LogP contribution in [0.2, 0.25) is 0 Å². The summed E-state index contributed by atoms with van der Waals surface area (Å²) in [6.45, 7) is 0. The number of hydrogen-bond acceptors (Lipinski definition) is 2. The van der Waals surface area contributed by atoms with Gasteiger partial charge in [-0.05, 0) is 22.3 Å². The van der Waals surface area contributed by atoms with Crippen molar-refractivity contribution in [3.8, 4) is 11.1 Å². The summed E-state index contributed by atoms with van der Waals surface area (Å²) < 4.78 is 0. The highest BCUT2D eigenvalue weighted by molar-refractivity contribution is 5.80. The maximum Gasteiger partial charge on any atom is 0.0690 e. The number of nitrogens with one attached hydrogen (secondary N) is 1. The lowest BCUT2D eigenvalue weighted by Gasteiger charge is -2.06. The van der Waals surface area contributed by atoms with E-state index in [4.69, 9.17) is 0 Å². The number of hydrogen-bond donors (Lipinski definition) is 1. The Labute approximate surface area is 147 Å². The van der Waals surface area contributed by atoms with Crippen LogP contribution in [0.25, 0.3) is 23.3 Å². The summed E-state index contributed by atoms with van der Waals surface area (Å²) in [5, 5.41) is 9.33. The van der Waals surface area contributed by atoms with Crippen molar-refractivity contribution in [2.45, 2.75) is 0 Å². The molecule has 0 radical (unpaired) electrons. The molecular formula is C22H19N3. The van der Waals surface area contributed by atoms with Gasteiger partial charge in [-0.3, -0.25) is 0 Å². The lowest BCUT2D eigenvalue weighted by Crippen LogP contribution is -1.82. The minimum atomic E-state index is 1.22. The van der Waals surface area contributed by atoms with Crippen LogP contribution in [0.3, 0.4) is 0 Å². The third kappa shape index (κ3) is 5.01. The van der Waals surface area contributed by atoms with E-state index >= 15 is 0 Å². The molecule has 0 aliphatic carbocycles. The minimum Gasteiger partial charge on any atom is -0.198 e. The predicted octanol–water partition coefficient (Wildman–Crippen LogP) is 5.33. The third-order valence-corrected chi connectivity index (χ3v) is 3.63. The highest BCUT2D eigenvalue weighted by Gasteiger charge is 2.00. The molecule has 0 atom stereocenters. The molecule has 4 aromatic rings. The Kier molecular flexibility index (Phi) is 5.90. The second-order valence-electron chi connectivity index (χ2n) is 5.35. The zero-order valence-corrected chi connectivity index (χ0v) is 13.8. The van der Waals surface area contributed by atoms with Gasteiger partial charge in [0.25, 0.3) is 0 Å². The Morgan fingerprint density at radius 2 is 1.20 bits per heavy atom. The highest BCUT2D eigenvalue weighted by Crippen LogP contribution is 2.24. The third-order valence-electron chi connectivity index (χ3n) is 3.63. The van der Waals surface area contributed by atoms with Crippen molar-refractivity contribution in [1.82, 2.24) is 15.4 Å². The second kappa shape index (κ2) is 8.99. The number of rotatable bonds is 3. The molecule has 0 fully saturated rings. The van der Waals surface area contributed by atoms with E-state index in [0.717, 1.165) is 0 Å². The number of benzene rings is 3. The van der Waals surface area contributed by atoms with Gasteiger partial charge in [0.05, 0.1) is 12.4 Å². The summed E-state index contributed by atoms with van der Waals surface area (Å²) >= 11 is 0. The van der Waals surface area contributed by atoms with E-state index < -0.39 is 0 Å². The van der Waals surface area contributed by atoms with Gasteiger partial charge in [-0.25, -0.2) is 0 Å². The summed E-state index contributed by atoms with van der Waals surface area (Å²) in [7, 11) is 0. The highest BCUT2D eigenvalue weighted by atomic mass is 15.3. The molecule has 25 heavy (non-hydrogen) atoms. The SMILES string of the molecule is C(=Cc1ccccc1-c1ccccc1)c1ccccc1.c1cn[nH]n1. The molecule has 3 aromatic carbocycles. The van der Waals surface area contributed by atoms with Crippen molar-refractivity contribution in [3.63, 3.8) is 0 Å². The molecule has 1 N–H and O–H groups in total. The van der Waals surface area contributed by atoms with Crippen LogP contribution in [0.15, 0.2) is 97.3 Å². The summed E-state index contributed by atoms with van der Waals surface area (Å²) in [4.78, 5) is 0. The molecule has 0 saturated carbocycles. The van der Waals surface area contributed by atoms with Crippen LogP contribution >= 0.6 is 0 Å². The molecule has 0 bridgehead atoms. The standard InChI is InChI=1S/C20H16.C2H3N3/c1-3-9-17(10-4-1)15-16-19-13-7-8-14-20(19)18-11-5-2-6-12-18;1-2-4-5-3-1/h1-16H;1-2H,(H,3,4,5). The maximum absolute atomic E-state index is 3.49. The largest absolute Gasteiger partial charge is 0.198 e. The van der Waals surface area contributed by atoms with Gasteiger partial charge in [0.2, 0.25) is 0 Å². The summed E-state index contributed by atoms with van der Waals surface area (Å²) in [6, 6.07) is 29.4. The Morgan fingerprint density at radius 3 is 1.84 bits per heavy atom. The van der Waals surface area contributed by atoms with Crippen molar-refractivity contribution >= 4 is 12.2 Å². The van der Waals surface area contributed by atoms with Crippen molar-refractivity contribution in [1.29, 1.82) is 0 Å². The van der Waals surface area contributed by atoms with Crippen LogP contribution < -0.4 is 0 Å². The first-order chi connectivity index (χ1) is 12.4. The van der Waals surface area contributed by atoms with E-state index in [1.807, 2.05) is 12.1 Å². The lowest BCUT2D eigenvalue weighted by atomic mass is 9.99. The van der Waals surface area contributed by atoms with Gasteiger partial charge in [-0.2, -0.15) is 15.4 Å². The molecule has 0 unspecified atom stereocenters. The van der Waals surface area contributed by atoms with Crippen molar-refractivity contribution in [2.75, 3.05) is 0 Å². The zero-order valence-electron chi connectivity index (χ0n) is 13.8. The first kappa shape index (κ1) is 16.4. The average molecular weight is 325 g/mol. The Bertz CT molecular complexity index is 866. The van der Waals surface area contributed by atoms with Crippen LogP contribution in [-0.4, -0.2) is 15.4 Å². The molecule has 1 heterocycles. The van der Waals surface area contributed by atoms with E-state index in [-0.39, 0.29) is 0 Å². The van der Waals surface area contributed by atoms with Gasteiger partial charge in [-0.15, -0.1) is 0 Å². The second-order valence-corrected chi connectivity index (χ2v) is 5.35. The van der Waals surface area contributed by atoms with Crippen LogP contribution in [0.4, 0.5) is 0 Å². The molecule has 0 spiro atoms. The van der Waals surface area contributed by atoms with Gasteiger partial charge in [0, 0.05) is 0 Å². The Hall–Kier alpha value is -3.46. The Balaban J connectivity index is 0.000000314. The molecule has 0 saturated heterocycles. The van der Waals surface area contributed by atoms with Gasteiger partial charge in [0.15, 0.2) is 0 Å². The summed E-state index contributed by atoms with van der Waals surface area (Å²) in [5.74, 6) is 0. The van der Waals surface area contributed by atoms with Crippen LogP contribution in [-0.2, 0) is 0 Å². The van der Waals surface area contributed by atoms with Crippen molar-refractivity contribution < 1.29 is 0 Å². The van der Waals surface area contributed by atoms with Crippen molar-refractivity contribution in [2.24, 2.45) is 0 Å². The van der Waals surface area contributed by atoms with Crippen molar-refractivity contribution in [3.05, 3.63) is 108 Å². The molecule has 0 aliphatic rings. The number of aromatic nitrogens is 3. The number of aromatic amines is 1. The molecule has 122 valence electrons. The number of H-pyrrole nitrogens is 1. The van der Waals surface area contributed by atoms with Crippen LogP contribution in [0, 0.1) is 0 Å². The first-order valence-corrected chi connectivity index (χ1v) is 8.11. The minimum absolute atomic E-state index is 1.22. The summed E-state index contributed by atoms with van der Waals surface area (Å²) in [6.07, 6.45) is 7.50. The topological polar surface area (TPSA) is 41.6 Å². The molecule has 4 rings (SSSR count). The van der Waals surface area contributed by atoms with Gasteiger partial charge >= 0.3 is 0 Å². The number of nitrogens with zero attached hydrogens (tertiary/aromatic N) is 2. The molecular weight excluding hydrogens is 306 g/mol. The van der Waals surface area contributed by atoms with Crippen LogP contribution in [0.1, 0.15) is 11.1 Å². The summed E-state index contributed by atoms with van der Waals surface area (Å²) in [5.41, 5.74) is 4.97. The molecule has 3 heteroatoms. The van der Waals surface area contributed by atoms with Gasteiger partial charge < -0.3 is 0 Å². The van der Waals surface area contributed by atoms with Gasteiger partial charge in [0.1, 0.15) is 0 Å². The quantitative estimate of drug-likeness (QED) is 0.517. The predicted molar refractivity (Wildman–Crippen MR) is 104 cm³/mol. The molecule has 0 amide bonds. The van der Waals surface area contributed by atoms with E-state index in [1.54, 1.807) is 12.4 Å². The normalized spacial score (nSPS) is 10.2. The van der Waals surface area contributed by atoms with Crippen LogP contribution in [0.5, 0.6) is 0 Å². The Morgan fingerprint density at radius 1 is 0.600 bits per heavy atom. The van der Waals surface area contributed by atoms with E-state index in [2.05, 4.69) is 100 Å². The molecule has 1 aromatic heterocycles. The fourth-order valence-corrected chi connectivity index (χ4v) is 2.44. The average Bonchev–Trinajstić information content (AvgIpc) is 3.28. The lowest BCUT2D eigenvalue weighted by molar-refractivity contribution is 0.940. The van der Waals surface area contributed by atoms with E-state index in [9.17, 15) is 0 Å². The van der Waals surface area contributed by atoms with E-state index in [1.165, 1.54) is 22.3 Å². The fourth-order valence-electron chi connectivity index (χ4n) is 2.44. The first-order valence-electron chi connectivity index (χ1n) is 8.11. The van der Waals surface area contributed by atoms with Gasteiger partial charge in [-0.1, -0.05) is 97.1 Å². The fraction of sp³-hybridized carbons (Fsp3) is 0.